The van der Waals surface area contributed by atoms with Gasteiger partial charge in [-0.05, 0) is 44.0 Å². The third kappa shape index (κ3) is 5.32. The van der Waals surface area contributed by atoms with Crippen LogP contribution in [0.25, 0.3) is 11.3 Å². The summed E-state index contributed by atoms with van der Waals surface area (Å²) in [5.74, 6) is 2.80. The second-order valence-electron chi connectivity index (χ2n) is 9.38. The van der Waals surface area contributed by atoms with Gasteiger partial charge < -0.3 is 19.3 Å². The molecule has 184 valence electrons. The highest BCUT2D eigenvalue weighted by molar-refractivity contribution is 5.75. The minimum absolute atomic E-state index is 0.244. The number of nitrogens with zero attached hydrogens (tertiary/aromatic N) is 4. The van der Waals surface area contributed by atoms with Gasteiger partial charge in [0, 0.05) is 74.2 Å². The molecule has 8 heteroatoms. The number of carbonyl (C=O) groups excluding carboxylic acids is 1. The number of pyridine rings is 1. The van der Waals surface area contributed by atoms with Crippen molar-refractivity contribution < 1.29 is 14.3 Å². The topological polar surface area (TPSA) is 83.6 Å². The van der Waals surface area contributed by atoms with Crippen LogP contribution in [0.2, 0.25) is 0 Å². The van der Waals surface area contributed by atoms with Gasteiger partial charge in [-0.15, -0.1) is 0 Å². The molecule has 2 aliphatic heterocycles. The molecule has 1 fully saturated rings. The third-order valence-corrected chi connectivity index (χ3v) is 7.23. The number of aromatic amines is 1. The van der Waals surface area contributed by atoms with E-state index in [9.17, 15) is 4.79 Å². The number of aromatic nitrogens is 3. The number of fused-ring (bicyclic) bond motifs is 1. The molecule has 2 aliphatic rings. The first kappa shape index (κ1) is 23.4. The van der Waals surface area contributed by atoms with Crippen LogP contribution in [0, 0.1) is 0 Å². The van der Waals surface area contributed by atoms with E-state index in [1.165, 1.54) is 5.56 Å². The number of ether oxygens (including phenoxy) is 2. The van der Waals surface area contributed by atoms with Crippen LogP contribution in [0.1, 0.15) is 44.1 Å². The maximum Gasteiger partial charge on any atom is 0.222 e. The van der Waals surface area contributed by atoms with E-state index < -0.39 is 0 Å². The van der Waals surface area contributed by atoms with Crippen molar-refractivity contribution in [1.82, 2.24) is 25.0 Å². The summed E-state index contributed by atoms with van der Waals surface area (Å²) in [5.41, 5.74) is 3.13. The zero-order chi connectivity index (χ0) is 24.2. The Bertz CT molecular complexity index is 1120. The van der Waals surface area contributed by atoms with Gasteiger partial charge in [-0.25, -0.2) is 4.98 Å². The van der Waals surface area contributed by atoms with Crippen molar-refractivity contribution in [2.24, 2.45) is 0 Å². The van der Waals surface area contributed by atoms with E-state index in [0.29, 0.717) is 30.9 Å². The van der Waals surface area contributed by atoms with E-state index >= 15 is 0 Å². The van der Waals surface area contributed by atoms with Crippen LogP contribution >= 0.6 is 0 Å². The van der Waals surface area contributed by atoms with Crippen molar-refractivity contribution in [3.8, 4) is 28.6 Å². The molecule has 1 amide bonds. The lowest BCUT2D eigenvalue weighted by molar-refractivity contribution is -0.132. The Morgan fingerprint density at radius 1 is 1.23 bits per heavy atom. The van der Waals surface area contributed by atoms with Crippen LogP contribution in [0.5, 0.6) is 17.4 Å². The summed E-state index contributed by atoms with van der Waals surface area (Å²) < 4.78 is 12.0. The van der Waals surface area contributed by atoms with Gasteiger partial charge in [0.1, 0.15) is 11.5 Å². The Labute approximate surface area is 206 Å². The predicted molar refractivity (Wildman–Crippen MR) is 134 cm³/mol. The fourth-order valence-corrected chi connectivity index (χ4v) is 5.02. The van der Waals surface area contributed by atoms with Gasteiger partial charge in [-0.2, -0.15) is 5.10 Å². The molecule has 1 saturated heterocycles. The first-order chi connectivity index (χ1) is 17.1. The van der Waals surface area contributed by atoms with Crippen molar-refractivity contribution in [1.29, 1.82) is 0 Å². The lowest BCUT2D eigenvalue weighted by Crippen LogP contribution is -2.45. The highest BCUT2D eigenvalue weighted by Gasteiger charge is 2.28. The zero-order valence-corrected chi connectivity index (χ0v) is 20.4. The minimum atomic E-state index is 0.244. The Morgan fingerprint density at radius 2 is 2.09 bits per heavy atom. The minimum Gasteiger partial charge on any atom is -0.493 e. The van der Waals surface area contributed by atoms with E-state index in [-0.39, 0.29) is 5.91 Å². The van der Waals surface area contributed by atoms with Gasteiger partial charge in [-0.3, -0.25) is 9.89 Å². The summed E-state index contributed by atoms with van der Waals surface area (Å²) in [6, 6.07) is 12.2. The van der Waals surface area contributed by atoms with Crippen LogP contribution in [0.4, 0.5) is 0 Å². The number of nitrogens with one attached hydrogen (secondary N) is 1. The molecule has 1 aromatic carbocycles. The molecule has 8 nitrogen and oxygen atoms in total. The SMILES string of the molecule is CCC(=O)N(C)C1CCN(CCC2COc3cc(Oc4ccc(-c5ccn[nH]5)cn4)ccc32)CC1. The first-order valence-corrected chi connectivity index (χ1v) is 12.5. The smallest absolute Gasteiger partial charge is 0.222 e. The molecule has 0 saturated carbocycles. The average Bonchev–Trinajstić information content (AvgIpc) is 3.58. The molecule has 1 atom stereocenters. The quantitative estimate of drug-likeness (QED) is 0.518. The van der Waals surface area contributed by atoms with Gasteiger partial charge >= 0.3 is 0 Å². The van der Waals surface area contributed by atoms with Crippen LogP contribution < -0.4 is 9.47 Å². The molecule has 1 N–H and O–H groups in total. The largest absolute Gasteiger partial charge is 0.493 e. The molecule has 1 unspecified atom stereocenters. The van der Waals surface area contributed by atoms with E-state index in [0.717, 1.165) is 61.7 Å². The number of piperidine rings is 1. The lowest BCUT2D eigenvalue weighted by Gasteiger charge is -2.37. The van der Waals surface area contributed by atoms with E-state index in [4.69, 9.17) is 9.47 Å². The van der Waals surface area contributed by atoms with Gasteiger partial charge in [0.25, 0.3) is 0 Å². The zero-order valence-electron chi connectivity index (χ0n) is 20.4. The monoisotopic (exact) mass is 475 g/mol. The summed E-state index contributed by atoms with van der Waals surface area (Å²) in [7, 11) is 1.95. The highest BCUT2D eigenvalue weighted by Crippen LogP contribution is 2.39. The molecular formula is C27H33N5O3. The lowest BCUT2D eigenvalue weighted by atomic mass is 9.96. The summed E-state index contributed by atoms with van der Waals surface area (Å²) in [6.45, 7) is 5.79. The molecule has 0 aliphatic carbocycles. The molecular weight excluding hydrogens is 442 g/mol. The summed E-state index contributed by atoms with van der Waals surface area (Å²) in [4.78, 5) is 20.9. The Balaban J connectivity index is 1.12. The normalized spacial score (nSPS) is 18.2. The molecule has 3 aromatic rings. The average molecular weight is 476 g/mol. The van der Waals surface area contributed by atoms with Gasteiger partial charge in [0.2, 0.25) is 11.8 Å². The summed E-state index contributed by atoms with van der Waals surface area (Å²) in [5, 5.41) is 6.91. The van der Waals surface area contributed by atoms with Crippen molar-refractivity contribution in [3.05, 3.63) is 54.4 Å². The van der Waals surface area contributed by atoms with E-state index in [2.05, 4.69) is 26.1 Å². The molecule has 2 aromatic heterocycles. The number of likely N-dealkylation sites (tertiary alicyclic amines) is 1. The highest BCUT2D eigenvalue weighted by atomic mass is 16.5. The fraction of sp³-hybridized carbons (Fsp3) is 0.444. The Hall–Kier alpha value is -3.39. The van der Waals surface area contributed by atoms with Crippen molar-refractivity contribution in [2.75, 3.05) is 33.3 Å². The fourth-order valence-electron chi connectivity index (χ4n) is 5.02. The third-order valence-electron chi connectivity index (χ3n) is 7.23. The molecule has 0 spiro atoms. The summed E-state index contributed by atoms with van der Waals surface area (Å²) >= 11 is 0. The Kier molecular flexibility index (Phi) is 6.99. The number of benzene rings is 1. The maximum absolute atomic E-state index is 12.0. The number of carbonyl (C=O) groups is 1. The van der Waals surface area contributed by atoms with Gasteiger partial charge in [-0.1, -0.05) is 13.0 Å². The Morgan fingerprint density at radius 3 is 2.80 bits per heavy atom. The van der Waals surface area contributed by atoms with Crippen molar-refractivity contribution in [2.45, 2.75) is 44.6 Å². The van der Waals surface area contributed by atoms with Gasteiger partial charge in [0.05, 0.1) is 12.3 Å². The second-order valence-corrected chi connectivity index (χ2v) is 9.38. The van der Waals surface area contributed by atoms with Crippen LogP contribution in [-0.4, -0.2) is 70.2 Å². The number of hydrogen-bond acceptors (Lipinski definition) is 6. The summed E-state index contributed by atoms with van der Waals surface area (Å²) in [6.07, 6.45) is 7.24. The second kappa shape index (κ2) is 10.5. The number of rotatable bonds is 8. The van der Waals surface area contributed by atoms with Crippen LogP contribution in [-0.2, 0) is 4.79 Å². The van der Waals surface area contributed by atoms with Crippen molar-refractivity contribution in [3.63, 3.8) is 0 Å². The standard InChI is InChI=1S/C27H33N5O3/c1-3-27(33)31(2)21-10-14-32(15-11-21)13-9-20-18-34-25-16-22(5-6-23(20)25)35-26-7-4-19(17-28-26)24-8-12-29-30-24/h4-8,12,16-17,20-21H,3,9-11,13-15,18H2,1-2H3,(H,29,30). The number of amides is 1. The molecule has 0 bridgehead atoms. The number of hydrogen-bond donors (Lipinski definition) is 1. The first-order valence-electron chi connectivity index (χ1n) is 12.5. The van der Waals surface area contributed by atoms with Gasteiger partial charge in [0.15, 0.2) is 0 Å². The molecule has 0 radical (unpaired) electrons. The van der Waals surface area contributed by atoms with Crippen molar-refractivity contribution >= 4 is 5.91 Å². The van der Waals surface area contributed by atoms with E-state index in [1.807, 2.05) is 49.2 Å². The van der Waals surface area contributed by atoms with E-state index in [1.54, 1.807) is 12.4 Å². The van der Waals surface area contributed by atoms with Crippen LogP contribution in [0.3, 0.4) is 0 Å². The molecule has 5 rings (SSSR count). The molecule has 4 heterocycles. The van der Waals surface area contributed by atoms with Crippen LogP contribution in [0.15, 0.2) is 48.8 Å². The maximum atomic E-state index is 12.0. The predicted octanol–water partition coefficient (Wildman–Crippen LogP) is 4.46. The number of H-pyrrole nitrogens is 1. The molecule has 35 heavy (non-hydrogen) atoms.